The molecule has 1 aromatic heterocycles. The number of amides is 1. The Labute approximate surface area is 148 Å². The molecule has 2 aromatic rings. The van der Waals surface area contributed by atoms with E-state index in [-0.39, 0.29) is 42.9 Å². The maximum Gasteiger partial charge on any atom is 0.416 e. The van der Waals surface area contributed by atoms with E-state index >= 15 is 0 Å². The lowest BCUT2D eigenvalue weighted by atomic mass is 10.1. The summed E-state index contributed by atoms with van der Waals surface area (Å²) in [6, 6.07) is 3.37. The number of aldehydes is 1. The van der Waals surface area contributed by atoms with Crippen LogP contribution in [0.4, 0.5) is 18.9 Å². The highest BCUT2D eigenvalue weighted by atomic mass is 32.1. The third-order valence-corrected chi connectivity index (χ3v) is 4.09. The Morgan fingerprint density at radius 3 is 2.56 bits per heavy atom. The van der Waals surface area contributed by atoms with Crippen LogP contribution in [0.3, 0.4) is 0 Å². The summed E-state index contributed by atoms with van der Waals surface area (Å²) < 4.78 is 40.1. The first kappa shape index (κ1) is 19.0. The molecule has 0 aliphatic carbocycles. The number of anilines is 1. The molecule has 134 valence electrons. The standard InChI is InChI=1S/C16H14F3N3O2.H2S/c1-9-5-12(3-4-13(9)16(17,18)19)21-7-10(2)22-14(15(21)24)11(8-23)6-20-22;/h3-6,8,10H,7H2,1-2H3;1H2/t10-;/m0./s1. The van der Waals surface area contributed by atoms with Gasteiger partial charge >= 0.3 is 6.18 Å². The lowest BCUT2D eigenvalue weighted by Crippen LogP contribution is -2.43. The third kappa shape index (κ3) is 3.15. The average molecular weight is 371 g/mol. The Hall–Kier alpha value is -2.29. The molecule has 1 atom stereocenters. The number of fused-ring (bicyclic) bond motifs is 1. The van der Waals surface area contributed by atoms with Crippen LogP contribution in [-0.2, 0) is 6.18 Å². The molecule has 0 saturated carbocycles. The summed E-state index contributed by atoms with van der Waals surface area (Å²) in [7, 11) is 0. The van der Waals surface area contributed by atoms with Crippen LogP contribution in [0, 0.1) is 6.92 Å². The normalized spacial score (nSPS) is 17.1. The summed E-state index contributed by atoms with van der Waals surface area (Å²) >= 11 is 0. The minimum Gasteiger partial charge on any atom is -0.305 e. The van der Waals surface area contributed by atoms with Crippen molar-refractivity contribution in [1.82, 2.24) is 9.78 Å². The Balaban J connectivity index is 0.00000225. The molecule has 5 nitrogen and oxygen atoms in total. The molecule has 9 heteroatoms. The van der Waals surface area contributed by atoms with Crippen LogP contribution in [-0.4, -0.2) is 28.5 Å². The molecule has 0 radical (unpaired) electrons. The minimum atomic E-state index is -4.44. The molecule has 1 aliphatic heterocycles. The molecule has 0 bridgehead atoms. The molecule has 1 aliphatic rings. The molecule has 0 saturated heterocycles. The van der Waals surface area contributed by atoms with Gasteiger partial charge in [0.2, 0.25) is 0 Å². The number of halogens is 3. The van der Waals surface area contributed by atoms with Gasteiger partial charge in [0, 0.05) is 12.2 Å². The van der Waals surface area contributed by atoms with Crippen LogP contribution in [0.2, 0.25) is 0 Å². The van der Waals surface area contributed by atoms with E-state index in [0.717, 1.165) is 6.07 Å². The van der Waals surface area contributed by atoms with Gasteiger partial charge in [-0.15, -0.1) is 0 Å². The largest absolute Gasteiger partial charge is 0.416 e. The van der Waals surface area contributed by atoms with E-state index < -0.39 is 17.6 Å². The summed E-state index contributed by atoms with van der Waals surface area (Å²) in [6.07, 6.45) is -2.58. The Morgan fingerprint density at radius 1 is 1.32 bits per heavy atom. The smallest absolute Gasteiger partial charge is 0.305 e. The number of aryl methyl sites for hydroxylation is 1. The zero-order valence-electron chi connectivity index (χ0n) is 13.5. The zero-order chi connectivity index (χ0) is 17.6. The van der Waals surface area contributed by atoms with E-state index in [1.54, 1.807) is 0 Å². The Morgan fingerprint density at radius 2 is 2.00 bits per heavy atom. The minimum absolute atomic E-state index is 0. The van der Waals surface area contributed by atoms with Crippen molar-refractivity contribution in [3.05, 3.63) is 46.8 Å². The van der Waals surface area contributed by atoms with E-state index in [9.17, 15) is 22.8 Å². The molecular weight excluding hydrogens is 355 g/mol. The monoisotopic (exact) mass is 371 g/mol. The zero-order valence-corrected chi connectivity index (χ0v) is 14.5. The molecule has 3 rings (SSSR count). The Kier molecular flexibility index (Phi) is 4.99. The van der Waals surface area contributed by atoms with E-state index in [2.05, 4.69) is 5.10 Å². The summed E-state index contributed by atoms with van der Waals surface area (Å²) in [5, 5.41) is 4.04. The number of hydrogen-bond acceptors (Lipinski definition) is 3. The second kappa shape index (κ2) is 6.55. The van der Waals surface area contributed by atoms with Gasteiger partial charge in [-0.2, -0.15) is 31.8 Å². The number of carbonyl (C=O) groups excluding carboxylic acids is 2. The van der Waals surface area contributed by atoms with Crippen molar-refractivity contribution in [2.75, 3.05) is 11.4 Å². The molecule has 0 N–H and O–H groups in total. The number of alkyl halides is 3. The van der Waals surface area contributed by atoms with Crippen LogP contribution in [0.1, 0.15) is 44.9 Å². The number of benzene rings is 1. The average Bonchev–Trinajstić information content (AvgIpc) is 2.94. The molecule has 0 fully saturated rings. The van der Waals surface area contributed by atoms with Crippen molar-refractivity contribution < 1.29 is 22.8 Å². The van der Waals surface area contributed by atoms with E-state index in [4.69, 9.17) is 0 Å². The van der Waals surface area contributed by atoms with Gasteiger partial charge in [0.1, 0.15) is 5.69 Å². The summed E-state index contributed by atoms with van der Waals surface area (Å²) in [4.78, 5) is 25.2. The van der Waals surface area contributed by atoms with Gasteiger partial charge in [-0.05, 0) is 37.6 Å². The van der Waals surface area contributed by atoms with Gasteiger partial charge in [-0.25, -0.2) is 0 Å². The summed E-state index contributed by atoms with van der Waals surface area (Å²) in [6.45, 7) is 3.43. The molecule has 25 heavy (non-hydrogen) atoms. The Bertz CT molecular complexity index is 833. The second-order valence-electron chi connectivity index (χ2n) is 5.77. The molecule has 2 heterocycles. The SMILES string of the molecule is Cc1cc(N2C[C@H](C)n3ncc(C=O)c3C2=O)ccc1C(F)(F)F.S. The van der Waals surface area contributed by atoms with Crippen LogP contribution in [0.25, 0.3) is 0 Å². The molecule has 1 aromatic carbocycles. The van der Waals surface area contributed by atoms with Crippen LogP contribution >= 0.6 is 13.5 Å². The van der Waals surface area contributed by atoms with Crippen molar-refractivity contribution in [3.8, 4) is 0 Å². The summed E-state index contributed by atoms with van der Waals surface area (Å²) in [5.74, 6) is -0.452. The van der Waals surface area contributed by atoms with Crippen molar-refractivity contribution in [2.24, 2.45) is 0 Å². The van der Waals surface area contributed by atoms with Crippen molar-refractivity contribution in [3.63, 3.8) is 0 Å². The number of aromatic nitrogens is 2. The van der Waals surface area contributed by atoms with Crippen molar-refractivity contribution >= 4 is 31.4 Å². The van der Waals surface area contributed by atoms with E-state index in [1.165, 1.54) is 34.8 Å². The first-order valence-corrected chi connectivity index (χ1v) is 7.26. The van der Waals surface area contributed by atoms with E-state index in [0.29, 0.717) is 12.0 Å². The maximum absolute atomic E-state index is 12.9. The van der Waals surface area contributed by atoms with Gasteiger partial charge in [0.05, 0.1) is 23.4 Å². The maximum atomic E-state index is 12.9. The quantitative estimate of drug-likeness (QED) is 0.761. The summed E-state index contributed by atoms with van der Waals surface area (Å²) in [5.41, 5.74) is -0.0133. The highest BCUT2D eigenvalue weighted by Crippen LogP contribution is 2.35. The first-order valence-electron chi connectivity index (χ1n) is 7.26. The topological polar surface area (TPSA) is 55.2 Å². The number of rotatable bonds is 2. The fourth-order valence-corrected chi connectivity index (χ4v) is 2.93. The van der Waals surface area contributed by atoms with Crippen molar-refractivity contribution in [1.29, 1.82) is 0 Å². The molecule has 1 amide bonds. The van der Waals surface area contributed by atoms with Gasteiger partial charge < -0.3 is 4.90 Å². The number of hydrogen-bond donors (Lipinski definition) is 0. The predicted octanol–water partition coefficient (Wildman–Crippen LogP) is 3.36. The number of nitrogens with zero attached hydrogens (tertiary/aromatic N) is 3. The lowest BCUT2D eigenvalue weighted by molar-refractivity contribution is -0.138. The van der Waals surface area contributed by atoms with Crippen LogP contribution in [0.5, 0.6) is 0 Å². The predicted molar refractivity (Wildman–Crippen MR) is 90.6 cm³/mol. The van der Waals surface area contributed by atoms with Gasteiger partial charge in [-0.1, -0.05) is 0 Å². The third-order valence-electron chi connectivity index (χ3n) is 4.09. The molecule has 0 spiro atoms. The number of carbonyl (C=O) groups is 2. The second-order valence-corrected chi connectivity index (χ2v) is 5.77. The highest BCUT2D eigenvalue weighted by Gasteiger charge is 2.35. The van der Waals surface area contributed by atoms with Gasteiger partial charge in [-0.3, -0.25) is 14.3 Å². The van der Waals surface area contributed by atoms with Gasteiger partial charge in [0.15, 0.2) is 6.29 Å². The van der Waals surface area contributed by atoms with Gasteiger partial charge in [0.25, 0.3) is 5.91 Å². The van der Waals surface area contributed by atoms with Crippen molar-refractivity contribution in [2.45, 2.75) is 26.1 Å². The van der Waals surface area contributed by atoms with E-state index in [1.807, 2.05) is 6.92 Å². The molecule has 0 unspecified atom stereocenters. The lowest BCUT2D eigenvalue weighted by Gasteiger charge is -2.32. The first-order chi connectivity index (χ1) is 11.2. The highest BCUT2D eigenvalue weighted by molar-refractivity contribution is 7.59. The van der Waals surface area contributed by atoms with Crippen LogP contribution in [0.15, 0.2) is 24.4 Å². The fraction of sp³-hybridized carbons (Fsp3) is 0.312. The fourth-order valence-electron chi connectivity index (χ4n) is 2.93. The molecular formula is C16H16F3N3O2S. The van der Waals surface area contributed by atoms with Crippen LogP contribution < -0.4 is 4.90 Å².